The molecular weight excluding hydrogens is 348 g/mol. The van der Waals surface area contributed by atoms with Crippen LogP contribution in [0.3, 0.4) is 0 Å². The third-order valence-electron chi connectivity index (χ3n) is 3.68. The highest BCUT2D eigenvalue weighted by Crippen LogP contribution is 2.26. The molecule has 0 saturated heterocycles. The first-order valence-electron chi connectivity index (χ1n) is 7.96. The second-order valence-electron chi connectivity index (χ2n) is 5.76. The molecule has 0 bridgehead atoms. The second-order valence-corrected chi connectivity index (χ2v) is 5.76. The zero-order valence-electron chi connectivity index (χ0n) is 14.0. The summed E-state index contributed by atoms with van der Waals surface area (Å²) in [5.74, 6) is -0.302. The Hall–Kier alpha value is -3.93. The van der Waals surface area contributed by atoms with Crippen LogP contribution in [0.4, 0.5) is 0 Å². The summed E-state index contributed by atoms with van der Waals surface area (Å²) in [6.07, 6.45) is 6.39. The minimum Gasteiger partial charge on any atom is -0.504 e. The van der Waals surface area contributed by atoms with Crippen molar-refractivity contribution >= 4 is 24.3 Å². The summed E-state index contributed by atoms with van der Waals surface area (Å²) < 4.78 is 5.61. The monoisotopic (exact) mass is 364 g/mol. The summed E-state index contributed by atoms with van der Waals surface area (Å²) in [4.78, 5) is 11.9. The molecule has 0 radical (unpaired) electrons. The van der Waals surface area contributed by atoms with E-state index in [0.717, 1.165) is 0 Å². The molecule has 27 heavy (non-hydrogen) atoms. The lowest BCUT2D eigenvalue weighted by Crippen LogP contribution is -1.98. The van der Waals surface area contributed by atoms with Crippen molar-refractivity contribution < 1.29 is 24.8 Å². The van der Waals surface area contributed by atoms with Gasteiger partial charge in [0.05, 0.1) is 0 Å². The van der Waals surface area contributed by atoms with Crippen molar-refractivity contribution in [2.75, 3.05) is 0 Å². The molecular formula is C21H16O6. The molecule has 0 atom stereocenters. The zero-order valence-corrected chi connectivity index (χ0v) is 14.0. The van der Waals surface area contributed by atoms with Gasteiger partial charge in [-0.15, -0.1) is 0 Å². The van der Waals surface area contributed by atoms with Gasteiger partial charge in [0, 0.05) is 12.1 Å². The lowest BCUT2D eigenvalue weighted by atomic mass is 10.1. The van der Waals surface area contributed by atoms with E-state index in [0.29, 0.717) is 22.6 Å². The van der Waals surface area contributed by atoms with E-state index < -0.39 is 0 Å². The van der Waals surface area contributed by atoms with Crippen LogP contribution in [0.1, 0.15) is 22.6 Å². The van der Waals surface area contributed by atoms with Crippen LogP contribution in [0, 0.1) is 0 Å². The van der Waals surface area contributed by atoms with Gasteiger partial charge in [-0.1, -0.05) is 24.3 Å². The van der Waals surface area contributed by atoms with Crippen molar-refractivity contribution in [2.24, 2.45) is 0 Å². The Kier molecular flexibility index (Phi) is 4.99. The van der Waals surface area contributed by atoms with Crippen LogP contribution in [0.15, 0.2) is 57.7 Å². The maximum absolute atomic E-state index is 11.9. The first kappa shape index (κ1) is 17.9. The van der Waals surface area contributed by atoms with E-state index in [1.165, 1.54) is 36.4 Å². The van der Waals surface area contributed by atoms with Crippen LogP contribution in [0.2, 0.25) is 0 Å². The zero-order chi connectivity index (χ0) is 19.4. The van der Waals surface area contributed by atoms with Crippen LogP contribution >= 0.6 is 0 Å². The van der Waals surface area contributed by atoms with Gasteiger partial charge in [-0.25, -0.2) is 0 Å². The molecule has 6 heteroatoms. The summed E-state index contributed by atoms with van der Waals surface area (Å²) in [6.45, 7) is 0. The second kappa shape index (κ2) is 7.53. The van der Waals surface area contributed by atoms with Gasteiger partial charge in [-0.3, -0.25) is 4.79 Å². The van der Waals surface area contributed by atoms with Crippen molar-refractivity contribution in [1.29, 1.82) is 0 Å². The highest BCUT2D eigenvalue weighted by Gasteiger charge is 2.01. The van der Waals surface area contributed by atoms with Gasteiger partial charge < -0.3 is 24.8 Å². The third kappa shape index (κ3) is 4.58. The van der Waals surface area contributed by atoms with Crippen molar-refractivity contribution in [3.63, 3.8) is 0 Å². The number of aromatic hydroxyl groups is 4. The number of hydrogen-bond donors (Lipinski definition) is 4. The first-order valence-corrected chi connectivity index (χ1v) is 7.96. The molecule has 1 heterocycles. The Morgan fingerprint density at radius 1 is 0.593 bits per heavy atom. The Labute approximate surface area is 154 Å². The SMILES string of the molecule is O=c1cc(/C=C/c2ccc(O)c(O)c2)oc(/C=C/c2ccc(O)c(O)c2)c1. The molecule has 0 aliphatic rings. The molecule has 0 fully saturated rings. The summed E-state index contributed by atoms with van der Waals surface area (Å²) in [7, 11) is 0. The van der Waals surface area contributed by atoms with Crippen LogP contribution in [-0.4, -0.2) is 20.4 Å². The third-order valence-corrected chi connectivity index (χ3v) is 3.68. The van der Waals surface area contributed by atoms with Gasteiger partial charge in [-0.05, 0) is 47.5 Å². The molecule has 0 spiro atoms. The summed E-state index contributed by atoms with van der Waals surface area (Å²) in [5.41, 5.74) is 0.990. The molecule has 3 rings (SSSR count). The Morgan fingerprint density at radius 3 is 1.44 bits per heavy atom. The molecule has 136 valence electrons. The highest BCUT2D eigenvalue weighted by atomic mass is 16.3. The van der Waals surface area contributed by atoms with Gasteiger partial charge in [0.15, 0.2) is 28.4 Å². The minimum atomic E-state index is -0.248. The van der Waals surface area contributed by atoms with E-state index in [1.54, 1.807) is 36.4 Å². The smallest absolute Gasteiger partial charge is 0.186 e. The lowest BCUT2D eigenvalue weighted by molar-refractivity contribution is 0.403. The molecule has 1 aromatic heterocycles. The van der Waals surface area contributed by atoms with Gasteiger partial charge in [0.2, 0.25) is 0 Å². The number of phenols is 4. The van der Waals surface area contributed by atoms with E-state index in [9.17, 15) is 25.2 Å². The van der Waals surface area contributed by atoms with Crippen LogP contribution in [0.5, 0.6) is 23.0 Å². The standard InChI is InChI=1S/C21H16O6/c22-15-11-16(5-1-13-3-7-18(23)20(25)9-13)27-17(12-15)6-2-14-4-8-19(24)21(26)10-14/h1-12,23-26H/b5-1+,6-2+. The minimum absolute atomic E-state index is 0.217. The molecule has 6 nitrogen and oxygen atoms in total. The van der Waals surface area contributed by atoms with E-state index >= 15 is 0 Å². The fourth-order valence-corrected chi connectivity index (χ4v) is 2.33. The van der Waals surface area contributed by atoms with Gasteiger partial charge >= 0.3 is 0 Å². The topological polar surface area (TPSA) is 111 Å². The number of benzene rings is 2. The highest BCUT2D eigenvalue weighted by molar-refractivity contribution is 5.71. The van der Waals surface area contributed by atoms with E-state index in [4.69, 9.17) is 4.42 Å². The fraction of sp³-hybridized carbons (Fsp3) is 0. The maximum Gasteiger partial charge on any atom is 0.186 e. The summed E-state index contributed by atoms with van der Waals surface area (Å²) >= 11 is 0. The molecule has 0 saturated carbocycles. The Bertz CT molecular complexity index is 1010. The van der Waals surface area contributed by atoms with Crippen LogP contribution < -0.4 is 5.43 Å². The fourth-order valence-electron chi connectivity index (χ4n) is 2.33. The largest absolute Gasteiger partial charge is 0.504 e. The predicted molar refractivity (Wildman–Crippen MR) is 102 cm³/mol. The van der Waals surface area contributed by atoms with Crippen molar-refractivity contribution in [3.8, 4) is 23.0 Å². The average molecular weight is 364 g/mol. The summed E-state index contributed by atoms with van der Waals surface area (Å²) in [5, 5.41) is 37.6. The Morgan fingerprint density at radius 2 is 1.04 bits per heavy atom. The number of hydrogen-bond acceptors (Lipinski definition) is 6. The normalized spacial score (nSPS) is 11.4. The lowest BCUT2D eigenvalue weighted by Gasteiger charge is -2.00. The van der Waals surface area contributed by atoms with E-state index in [-0.39, 0.29) is 28.4 Å². The first-order chi connectivity index (χ1) is 12.9. The molecule has 4 N–H and O–H groups in total. The van der Waals surface area contributed by atoms with Crippen LogP contribution in [-0.2, 0) is 0 Å². The van der Waals surface area contributed by atoms with Gasteiger partial charge in [-0.2, -0.15) is 0 Å². The predicted octanol–water partition coefficient (Wildman–Crippen LogP) is 3.80. The number of rotatable bonds is 4. The molecule has 0 aliphatic carbocycles. The molecule has 0 aliphatic heterocycles. The molecule has 0 amide bonds. The Balaban J connectivity index is 1.84. The summed E-state index contributed by atoms with van der Waals surface area (Å²) in [6, 6.07) is 11.3. The molecule has 3 aromatic rings. The average Bonchev–Trinajstić information content (AvgIpc) is 2.63. The van der Waals surface area contributed by atoms with E-state index in [1.807, 2.05) is 0 Å². The number of phenolic OH excluding ortho intramolecular Hbond substituents is 4. The van der Waals surface area contributed by atoms with Gasteiger partial charge in [0.1, 0.15) is 11.5 Å². The van der Waals surface area contributed by atoms with Crippen molar-refractivity contribution in [3.05, 3.63) is 81.4 Å². The van der Waals surface area contributed by atoms with E-state index in [2.05, 4.69) is 0 Å². The van der Waals surface area contributed by atoms with Crippen LogP contribution in [0.25, 0.3) is 24.3 Å². The quantitative estimate of drug-likeness (QED) is 0.524. The molecule has 0 unspecified atom stereocenters. The van der Waals surface area contributed by atoms with Crippen molar-refractivity contribution in [2.45, 2.75) is 0 Å². The van der Waals surface area contributed by atoms with Crippen molar-refractivity contribution in [1.82, 2.24) is 0 Å². The maximum atomic E-state index is 11.9. The van der Waals surface area contributed by atoms with Gasteiger partial charge in [0.25, 0.3) is 0 Å². The molecule has 2 aromatic carbocycles.